The lowest BCUT2D eigenvalue weighted by Crippen LogP contribution is -2.38. The average Bonchev–Trinajstić information content (AvgIpc) is 3.31. The zero-order valence-electron chi connectivity index (χ0n) is 16.3. The van der Waals surface area contributed by atoms with Gasteiger partial charge < -0.3 is 15.2 Å². The van der Waals surface area contributed by atoms with Gasteiger partial charge in [0.05, 0.1) is 33.7 Å². The first kappa shape index (κ1) is 21.0. The van der Waals surface area contributed by atoms with Gasteiger partial charge >= 0.3 is 0 Å². The minimum Gasteiger partial charge on any atom is -0.344 e. The summed E-state index contributed by atoms with van der Waals surface area (Å²) in [5.41, 5.74) is 0.633. The number of amides is 1. The smallest absolute Gasteiger partial charge is 0.253 e. The molecule has 1 aliphatic carbocycles. The highest BCUT2D eigenvalue weighted by atomic mass is 79.9. The number of pyridine rings is 1. The van der Waals surface area contributed by atoms with Gasteiger partial charge in [-0.3, -0.25) is 4.79 Å². The van der Waals surface area contributed by atoms with Gasteiger partial charge in [0, 0.05) is 6.04 Å². The molecule has 0 unspecified atom stereocenters. The molecule has 0 radical (unpaired) electrons. The van der Waals surface area contributed by atoms with Crippen LogP contribution in [0.4, 0.5) is 20.3 Å². The Balaban J connectivity index is 1.73. The molecular weight excluding hydrogens is 480 g/mol. The molecular formula is C20H19BrClF2N5O. The first-order chi connectivity index (χ1) is 14.2. The van der Waals surface area contributed by atoms with Crippen LogP contribution in [-0.2, 0) is 0 Å². The molecule has 2 aromatic heterocycles. The number of carbonyl (C=O) groups is 1. The number of aromatic nitrogens is 3. The molecule has 3 aromatic rings. The first-order valence-electron chi connectivity index (χ1n) is 9.40. The van der Waals surface area contributed by atoms with Gasteiger partial charge in [-0.25, -0.2) is 18.7 Å². The SMILES string of the molecule is CC(C)n1cnc2cc(Br)nc(Nc3cc(C(=O)NC4(CF)CC4)c(Cl)cc3F)c21. The van der Waals surface area contributed by atoms with Crippen LogP contribution in [0.25, 0.3) is 11.0 Å². The molecule has 1 aliphatic rings. The van der Waals surface area contributed by atoms with Gasteiger partial charge in [-0.05, 0) is 60.8 Å². The maximum atomic E-state index is 14.7. The minimum atomic E-state index is -0.829. The van der Waals surface area contributed by atoms with Crippen molar-refractivity contribution in [3.05, 3.63) is 45.5 Å². The van der Waals surface area contributed by atoms with Crippen molar-refractivity contribution in [1.82, 2.24) is 19.9 Å². The van der Waals surface area contributed by atoms with E-state index >= 15 is 0 Å². The molecule has 1 fully saturated rings. The van der Waals surface area contributed by atoms with E-state index in [1.807, 2.05) is 18.4 Å². The number of alkyl halides is 1. The van der Waals surface area contributed by atoms with Crippen LogP contribution in [0, 0.1) is 5.82 Å². The summed E-state index contributed by atoms with van der Waals surface area (Å²) in [4.78, 5) is 21.4. The number of hydrogen-bond acceptors (Lipinski definition) is 4. The molecule has 2 heterocycles. The number of benzene rings is 1. The van der Waals surface area contributed by atoms with Crippen molar-refractivity contribution in [1.29, 1.82) is 0 Å². The van der Waals surface area contributed by atoms with Gasteiger partial charge in [-0.2, -0.15) is 0 Å². The highest BCUT2D eigenvalue weighted by Crippen LogP contribution is 2.37. The third kappa shape index (κ3) is 3.88. The van der Waals surface area contributed by atoms with E-state index in [0.29, 0.717) is 34.3 Å². The molecule has 6 nitrogen and oxygen atoms in total. The van der Waals surface area contributed by atoms with E-state index in [0.717, 1.165) is 6.07 Å². The van der Waals surface area contributed by atoms with Crippen molar-refractivity contribution in [3.8, 4) is 0 Å². The molecule has 4 rings (SSSR count). The number of anilines is 2. The van der Waals surface area contributed by atoms with Crippen molar-refractivity contribution in [2.45, 2.75) is 38.3 Å². The van der Waals surface area contributed by atoms with E-state index < -0.39 is 23.9 Å². The number of imidazole rings is 1. The maximum Gasteiger partial charge on any atom is 0.253 e. The van der Waals surface area contributed by atoms with Crippen LogP contribution in [0.5, 0.6) is 0 Å². The Morgan fingerprint density at radius 2 is 2.10 bits per heavy atom. The van der Waals surface area contributed by atoms with Crippen LogP contribution in [-0.4, -0.2) is 32.7 Å². The summed E-state index contributed by atoms with van der Waals surface area (Å²) in [5.74, 6) is -0.813. The standard InChI is InChI=1S/C20H19BrClF2N5O/c1-10(2)29-9-25-15-7-16(21)27-18(17(15)29)26-14-5-11(12(22)6-13(14)24)19(30)28-20(8-23)3-4-20/h5-7,9-10H,3-4,8H2,1-2H3,(H,26,27)(H,28,30). The fraction of sp³-hybridized carbons (Fsp3) is 0.350. The fourth-order valence-electron chi connectivity index (χ4n) is 3.21. The number of rotatable bonds is 6. The number of carbonyl (C=O) groups excluding carboxylic acids is 1. The monoisotopic (exact) mass is 497 g/mol. The Kier molecular flexibility index (Phi) is 5.44. The van der Waals surface area contributed by atoms with E-state index in [2.05, 4.69) is 36.5 Å². The molecule has 0 bridgehead atoms. The van der Waals surface area contributed by atoms with Crippen LogP contribution >= 0.6 is 27.5 Å². The zero-order valence-corrected chi connectivity index (χ0v) is 18.6. The van der Waals surface area contributed by atoms with Crippen molar-refractivity contribution in [3.63, 3.8) is 0 Å². The quantitative estimate of drug-likeness (QED) is 0.438. The van der Waals surface area contributed by atoms with Gasteiger partial charge in [0.25, 0.3) is 5.91 Å². The lowest BCUT2D eigenvalue weighted by molar-refractivity contribution is 0.0923. The van der Waals surface area contributed by atoms with Crippen molar-refractivity contribution >= 4 is 56.0 Å². The Morgan fingerprint density at radius 1 is 1.37 bits per heavy atom. The highest BCUT2D eigenvalue weighted by molar-refractivity contribution is 9.10. The number of halogens is 4. The molecule has 0 spiro atoms. The summed E-state index contributed by atoms with van der Waals surface area (Å²) >= 11 is 9.45. The highest BCUT2D eigenvalue weighted by Gasteiger charge is 2.44. The normalized spacial score (nSPS) is 14.9. The summed E-state index contributed by atoms with van der Waals surface area (Å²) in [6, 6.07) is 4.24. The molecule has 10 heteroatoms. The predicted molar refractivity (Wildman–Crippen MR) is 116 cm³/mol. The molecule has 0 atom stereocenters. The molecule has 1 amide bonds. The van der Waals surface area contributed by atoms with Crippen LogP contribution in [0.1, 0.15) is 43.1 Å². The van der Waals surface area contributed by atoms with Crippen molar-refractivity contribution in [2.24, 2.45) is 0 Å². The molecule has 2 N–H and O–H groups in total. The van der Waals surface area contributed by atoms with E-state index in [1.165, 1.54) is 6.07 Å². The number of nitrogens with one attached hydrogen (secondary N) is 2. The molecule has 1 saturated carbocycles. The molecule has 30 heavy (non-hydrogen) atoms. The summed E-state index contributed by atoms with van der Waals surface area (Å²) in [6.07, 6.45) is 2.83. The second kappa shape index (κ2) is 7.77. The molecule has 1 aromatic carbocycles. The molecule has 158 valence electrons. The van der Waals surface area contributed by atoms with E-state index in [1.54, 1.807) is 12.4 Å². The van der Waals surface area contributed by atoms with Gasteiger partial charge in [0.1, 0.15) is 22.6 Å². The Labute approximate surface area is 185 Å². The number of nitrogens with zero attached hydrogens (tertiary/aromatic N) is 3. The predicted octanol–water partition coefficient (Wildman–Crippen LogP) is 5.54. The Bertz CT molecular complexity index is 1150. The van der Waals surface area contributed by atoms with Crippen molar-refractivity contribution < 1.29 is 13.6 Å². The summed E-state index contributed by atoms with van der Waals surface area (Å²) in [7, 11) is 0. The van der Waals surface area contributed by atoms with Crippen molar-refractivity contribution in [2.75, 3.05) is 12.0 Å². The lowest BCUT2D eigenvalue weighted by Gasteiger charge is -2.16. The van der Waals surface area contributed by atoms with Crippen LogP contribution in [0.3, 0.4) is 0 Å². The van der Waals surface area contributed by atoms with Gasteiger partial charge in [-0.15, -0.1) is 0 Å². The van der Waals surface area contributed by atoms with Gasteiger partial charge in [-0.1, -0.05) is 11.6 Å². The second-order valence-corrected chi connectivity index (χ2v) is 8.93. The maximum absolute atomic E-state index is 14.7. The van der Waals surface area contributed by atoms with E-state index in [-0.39, 0.29) is 22.3 Å². The number of fused-ring (bicyclic) bond motifs is 1. The van der Waals surface area contributed by atoms with E-state index in [4.69, 9.17) is 11.6 Å². The van der Waals surface area contributed by atoms with Crippen LogP contribution in [0.2, 0.25) is 5.02 Å². The third-order valence-corrected chi connectivity index (χ3v) is 5.84. The van der Waals surface area contributed by atoms with Gasteiger partial charge in [0.15, 0.2) is 5.82 Å². The van der Waals surface area contributed by atoms with Crippen LogP contribution in [0.15, 0.2) is 29.1 Å². The fourth-order valence-corrected chi connectivity index (χ4v) is 3.84. The van der Waals surface area contributed by atoms with E-state index in [9.17, 15) is 13.6 Å². The Hall–Kier alpha value is -2.26. The average molecular weight is 499 g/mol. The Morgan fingerprint density at radius 3 is 2.73 bits per heavy atom. The summed E-state index contributed by atoms with van der Waals surface area (Å²) < 4.78 is 30.3. The minimum absolute atomic E-state index is 0.0260. The largest absolute Gasteiger partial charge is 0.344 e. The van der Waals surface area contributed by atoms with Crippen LogP contribution < -0.4 is 10.6 Å². The number of hydrogen-bond donors (Lipinski definition) is 2. The third-order valence-electron chi connectivity index (χ3n) is 5.12. The summed E-state index contributed by atoms with van der Waals surface area (Å²) in [6.45, 7) is 3.34. The molecule has 0 aliphatic heterocycles. The lowest BCUT2D eigenvalue weighted by atomic mass is 10.1. The van der Waals surface area contributed by atoms with Gasteiger partial charge in [0.2, 0.25) is 0 Å². The first-order valence-corrected chi connectivity index (χ1v) is 10.6. The molecule has 0 saturated heterocycles. The second-order valence-electron chi connectivity index (χ2n) is 7.71. The topological polar surface area (TPSA) is 71.8 Å². The summed E-state index contributed by atoms with van der Waals surface area (Å²) in [5, 5.41) is 5.57. The zero-order chi connectivity index (χ0) is 21.6.